The van der Waals surface area contributed by atoms with Crippen LogP contribution >= 0.6 is 0 Å². The molecule has 2 aromatic carbocycles. The van der Waals surface area contributed by atoms with Crippen LogP contribution in [0.5, 0.6) is 0 Å². The van der Waals surface area contributed by atoms with Crippen LogP contribution in [0.15, 0.2) is 42.5 Å². The van der Waals surface area contributed by atoms with E-state index in [0.29, 0.717) is 12.1 Å². The van der Waals surface area contributed by atoms with Gasteiger partial charge in [0, 0.05) is 38.3 Å². The maximum Gasteiger partial charge on any atom is 0.410 e. The molecule has 4 atom stereocenters. The summed E-state index contributed by atoms with van der Waals surface area (Å²) < 4.78 is 46.5. The number of nitrogens with one attached hydrogen (secondary N) is 1. The molecule has 0 aromatic heterocycles. The molecule has 1 saturated heterocycles. The summed E-state index contributed by atoms with van der Waals surface area (Å²) >= 11 is 0. The van der Waals surface area contributed by atoms with Gasteiger partial charge in [-0.2, -0.15) is 0 Å². The van der Waals surface area contributed by atoms with E-state index in [-0.39, 0.29) is 42.3 Å². The topological polar surface area (TPSA) is 82.1 Å². The third-order valence-corrected chi connectivity index (χ3v) is 8.86. The van der Waals surface area contributed by atoms with Crippen LogP contribution in [0.2, 0.25) is 0 Å². The fraction of sp³-hybridized carbons (Fsp3) is 0.576. The number of amides is 1. The minimum atomic E-state index is -0.975. The minimum Gasteiger partial charge on any atom is -0.480 e. The van der Waals surface area contributed by atoms with Crippen LogP contribution in [0, 0.1) is 29.3 Å². The Labute approximate surface area is 252 Å². The lowest BCUT2D eigenvalue weighted by Gasteiger charge is -2.39. The zero-order valence-electron chi connectivity index (χ0n) is 25.3. The first-order valence-electron chi connectivity index (χ1n) is 15.4. The number of carbonyl (C=O) groups excluding carboxylic acids is 1. The minimum absolute atomic E-state index is 0.00744. The van der Waals surface area contributed by atoms with Crippen molar-refractivity contribution in [3.63, 3.8) is 0 Å². The van der Waals surface area contributed by atoms with Crippen LogP contribution in [0.4, 0.5) is 18.0 Å². The summed E-state index contributed by atoms with van der Waals surface area (Å²) in [4.78, 5) is 29.0. The van der Waals surface area contributed by atoms with Crippen LogP contribution < -0.4 is 5.32 Å². The fourth-order valence-corrected chi connectivity index (χ4v) is 6.68. The molecule has 0 radical (unpaired) electrons. The molecule has 7 nitrogen and oxygen atoms in total. The Bertz CT molecular complexity index is 1240. The molecular weight excluding hydrogens is 559 g/mol. The van der Waals surface area contributed by atoms with Crippen LogP contribution in [0.25, 0.3) is 0 Å². The van der Waals surface area contributed by atoms with Crippen LogP contribution in [-0.4, -0.2) is 71.3 Å². The lowest BCUT2D eigenvalue weighted by molar-refractivity contribution is -0.140. The van der Waals surface area contributed by atoms with Crippen molar-refractivity contribution < 1.29 is 32.6 Å². The molecule has 10 heteroatoms. The molecule has 236 valence electrons. The molecule has 1 heterocycles. The molecule has 2 aromatic rings. The first-order valence-corrected chi connectivity index (χ1v) is 15.4. The van der Waals surface area contributed by atoms with Gasteiger partial charge in [0.05, 0.1) is 0 Å². The summed E-state index contributed by atoms with van der Waals surface area (Å²) in [6, 6.07) is 9.58. The van der Waals surface area contributed by atoms with E-state index in [4.69, 9.17) is 4.74 Å². The number of ether oxygens (including phenoxy) is 1. The number of piperidine rings is 1. The van der Waals surface area contributed by atoms with Gasteiger partial charge in [-0.1, -0.05) is 39.0 Å². The number of aliphatic carboxylic acids is 1. The molecule has 43 heavy (non-hydrogen) atoms. The number of carboxylic acids is 1. The smallest absolute Gasteiger partial charge is 0.410 e. The Morgan fingerprint density at radius 3 is 2.44 bits per heavy atom. The zero-order chi connectivity index (χ0) is 31.1. The maximum absolute atomic E-state index is 14.2. The number of carboxylic acid groups (broad SMARTS) is 1. The summed E-state index contributed by atoms with van der Waals surface area (Å²) in [5.41, 5.74) is 1.33. The third-order valence-electron chi connectivity index (χ3n) is 8.86. The van der Waals surface area contributed by atoms with E-state index in [1.807, 2.05) is 26.8 Å². The van der Waals surface area contributed by atoms with Crippen molar-refractivity contribution in [3.05, 3.63) is 71.0 Å². The van der Waals surface area contributed by atoms with E-state index in [2.05, 4.69) is 10.2 Å². The number of nitrogens with zero attached hydrogens (tertiary/aromatic N) is 2. The highest BCUT2D eigenvalue weighted by Crippen LogP contribution is 2.41. The Balaban J connectivity index is 1.37. The highest BCUT2D eigenvalue weighted by molar-refractivity contribution is 5.73. The van der Waals surface area contributed by atoms with Gasteiger partial charge in [-0.15, -0.1) is 0 Å². The standard InChI is InChI=1S/C33H44F3N3O4/c1-4-12-39(33(42)43-20-22-8-9-29(35)30(36)15-22)27-10-13-38(14-11-27)19-24-17-26(37-31(21(2)3)32(40)41)18-28(24)23-6-5-7-25(34)16-23/h5-9,15-16,21,24,26-28,31,37H,4,10-14,17-20H2,1-3H3,(H,40,41)/t24-,26+,28-,31-/m1/s1. The molecule has 1 saturated carbocycles. The van der Waals surface area contributed by atoms with Crippen molar-refractivity contribution in [1.29, 1.82) is 0 Å². The molecule has 2 fully saturated rings. The fourth-order valence-electron chi connectivity index (χ4n) is 6.68. The Kier molecular flexibility index (Phi) is 11.5. The van der Waals surface area contributed by atoms with E-state index >= 15 is 0 Å². The number of hydrogen-bond donors (Lipinski definition) is 2. The van der Waals surface area contributed by atoms with E-state index < -0.39 is 29.7 Å². The largest absolute Gasteiger partial charge is 0.480 e. The summed E-state index contributed by atoms with van der Waals surface area (Å²) in [7, 11) is 0. The second-order valence-electron chi connectivity index (χ2n) is 12.3. The summed E-state index contributed by atoms with van der Waals surface area (Å²) in [6.45, 7) is 8.58. The van der Waals surface area contributed by atoms with Crippen molar-refractivity contribution in [1.82, 2.24) is 15.1 Å². The van der Waals surface area contributed by atoms with Crippen LogP contribution in [-0.2, 0) is 16.1 Å². The number of hydrogen-bond acceptors (Lipinski definition) is 5. The van der Waals surface area contributed by atoms with E-state index in [1.54, 1.807) is 17.0 Å². The van der Waals surface area contributed by atoms with Crippen molar-refractivity contribution in [2.24, 2.45) is 11.8 Å². The molecular formula is C33H44F3N3O4. The highest BCUT2D eigenvalue weighted by atomic mass is 19.2. The Hall–Kier alpha value is -3.11. The van der Waals surface area contributed by atoms with Gasteiger partial charge in [-0.3, -0.25) is 4.79 Å². The average molecular weight is 604 g/mol. The average Bonchev–Trinajstić information content (AvgIpc) is 3.37. The second kappa shape index (κ2) is 15.1. The quantitative estimate of drug-likeness (QED) is 0.302. The predicted octanol–water partition coefficient (Wildman–Crippen LogP) is 6.18. The van der Waals surface area contributed by atoms with Gasteiger partial charge in [0.1, 0.15) is 18.5 Å². The molecule has 4 rings (SSSR count). The molecule has 2 N–H and O–H groups in total. The molecule has 2 aliphatic rings. The Morgan fingerprint density at radius 1 is 1.07 bits per heavy atom. The highest BCUT2D eigenvalue weighted by Gasteiger charge is 2.39. The van der Waals surface area contributed by atoms with Crippen LogP contribution in [0.3, 0.4) is 0 Å². The molecule has 0 spiro atoms. The lowest BCUT2D eigenvalue weighted by atomic mass is 9.88. The van der Waals surface area contributed by atoms with E-state index in [1.165, 1.54) is 12.1 Å². The zero-order valence-corrected chi connectivity index (χ0v) is 25.3. The maximum atomic E-state index is 14.2. The normalized spacial score (nSPS) is 22.1. The number of rotatable bonds is 12. The number of benzene rings is 2. The van der Waals surface area contributed by atoms with Gasteiger partial charge in [-0.05, 0) is 85.3 Å². The van der Waals surface area contributed by atoms with Gasteiger partial charge >= 0.3 is 12.1 Å². The first-order chi connectivity index (χ1) is 20.5. The lowest BCUT2D eigenvalue weighted by Crippen LogP contribution is -2.49. The van der Waals surface area contributed by atoms with E-state index in [0.717, 1.165) is 69.4 Å². The van der Waals surface area contributed by atoms with Crippen molar-refractivity contribution in [3.8, 4) is 0 Å². The Morgan fingerprint density at radius 2 is 1.81 bits per heavy atom. The van der Waals surface area contributed by atoms with Crippen molar-refractivity contribution in [2.75, 3.05) is 26.2 Å². The predicted molar refractivity (Wildman–Crippen MR) is 158 cm³/mol. The van der Waals surface area contributed by atoms with Crippen molar-refractivity contribution in [2.45, 2.75) is 83.5 Å². The monoisotopic (exact) mass is 603 g/mol. The van der Waals surface area contributed by atoms with Crippen LogP contribution in [0.1, 0.15) is 69.9 Å². The molecule has 1 amide bonds. The summed E-state index contributed by atoms with van der Waals surface area (Å²) in [5, 5.41) is 13.1. The number of carbonyl (C=O) groups is 2. The molecule has 0 bridgehead atoms. The molecule has 1 aliphatic heterocycles. The van der Waals surface area contributed by atoms with Gasteiger partial charge < -0.3 is 25.0 Å². The first kappa shape index (κ1) is 32.8. The second-order valence-corrected chi connectivity index (χ2v) is 12.3. The molecule has 0 unspecified atom stereocenters. The van der Waals surface area contributed by atoms with Crippen molar-refractivity contribution >= 4 is 12.1 Å². The number of halogens is 3. The number of likely N-dealkylation sites (tertiary alicyclic amines) is 1. The van der Waals surface area contributed by atoms with E-state index in [9.17, 15) is 27.9 Å². The molecule has 1 aliphatic carbocycles. The SMILES string of the molecule is CCCN(C(=O)OCc1ccc(F)c(F)c1)C1CCN(C[C@H]2C[C@H](N[C@@H](C(=O)O)C(C)C)C[C@@H]2c2cccc(F)c2)CC1. The van der Waals surface area contributed by atoms with Gasteiger partial charge in [0.2, 0.25) is 0 Å². The van der Waals surface area contributed by atoms with Gasteiger partial charge in [0.25, 0.3) is 0 Å². The third kappa shape index (κ3) is 8.72. The van der Waals surface area contributed by atoms with Gasteiger partial charge in [-0.25, -0.2) is 18.0 Å². The van der Waals surface area contributed by atoms with Gasteiger partial charge in [0.15, 0.2) is 11.6 Å². The summed E-state index contributed by atoms with van der Waals surface area (Å²) in [5.74, 6) is -2.77. The summed E-state index contributed by atoms with van der Waals surface area (Å²) in [6.07, 6.45) is 3.39.